The zero-order valence-electron chi connectivity index (χ0n) is 17.1. The number of nitrogens with zero attached hydrogens (tertiary/aromatic N) is 1. The molecule has 0 N–H and O–H groups in total. The van der Waals surface area contributed by atoms with Crippen molar-refractivity contribution in [3.63, 3.8) is 0 Å². The maximum Gasteiger partial charge on any atom is 0.263 e. The molecule has 2 fully saturated rings. The number of ketones is 1. The van der Waals surface area contributed by atoms with Crippen molar-refractivity contribution in [2.45, 2.75) is 70.0 Å². The van der Waals surface area contributed by atoms with Gasteiger partial charge in [-0.3, -0.25) is 9.59 Å². The van der Waals surface area contributed by atoms with Gasteiger partial charge in [0.15, 0.2) is 14.1 Å². The molecule has 1 aromatic rings. The average molecular weight is 390 g/mol. The van der Waals surface area contributed by atoms with Gasteiger partial charge in [-0.25, -0.2) is 0 Å². The van der Waals surface area contributed by atoms with E-state index in [0.29, 0.717) is 26.0 Å². The van der Waals surface area contributed by atoms with Crippen molar-refractivity contribution in [2.24, 2.45) is 0 Å². The van der Waals surface area contributed by atoms with Crippen molar-refractivity contribution in [1.29, 1.82) is 0 Å². The van der Waals surface area contributed by atoms with Gasteiger partial charge in [0.05, 0.1) is 19.3 Å². The number of carbonyl (C=O) groups is 2. The molecule has 1 amide bonds. The quantitative estimate of drug-likeness (QED) is 0.571. The maximum absolute atomic E-state index is 13.0. The van der Waals surface area contributed by atoms with Crippen LogP contribution in [0.2, 0.25) is 18.1 Å². The maximum atomic E-state index is 13.0. The number of Topliss-reactive ketones (excluding diaryl/α,β-unsaturated/α-hetero) is 1. The fraction of sp³-hybridized carbons (Fsp3) is 0.619. The van der Waals surface area contributed by atoms with E-state index in [1.165, 1.54) is 0 Å². The van der Waals surface area contributed by atoms with E-state index in [4.69, 9.17) is 9.16 Å². The summed E-state index contributed by atoms with van der Waals surface area (Å²) in [6.45, 7) is 12.0. The first-order chi connectivity index (χ1) is 12.6. The van der Waals surface area contributed by atoms with Crippen molar-refractivity contribution in [2.75, 3.05) is 13.2 Å². The van der Waals surface area contributed by atoms with Gasteiger partial charge in [0.2, 0.25) is 5.60 Å². The summed E-state index contributed by atoms with van der Waals surface area (Å²) in [6, 6.07) is 9.75. The van der Waals surface area contributed by atoms with E-state index in [1.807, 2.05) is 30.3 Å². The largest absolute Gasteiger partial charge is 0.414 e. The van der Waals surface area contributed by atoms with Crippen LogP contribution in [0.1, 0.15) is 39.2 Å². The molecule has 0 radical (unpaired) electrons. The zero-order chi connectivity index (χ0) is 19.9. The first-order valence-electron chi connectivity index (χ1n) is 9.73. The van der Waals surface area contributed by atoms with Crippen molar-refractivity contribution < 1.29 is 18.8 Å². The lowest BCUT2D eigenvalue weighted by molar-refractivity contribution is -0.155. The molecule has 3 rings (SSSR count). The third kappa shape index (κ3) is 3.88. The number of ether oxygens (including phenoxy) is 1. The van der Waals surface area contributed by atoms with E-state index in [-0.39, 0.29) is 29.4 Å². The molecule has 27 heavy (non-hydrogen) atoms. The Bertz CT molecular complexity index is 713. The normalized spacial score (nSPS) is 26.4. The van der Waals surface area contributed by atoms with Gasteiger partial charge in [0.25, 0.3) is 5.91 Å². The smallest absolute Gasteiger partial charge is 0.263 e. The highest BCUT2D eigenvalue weighted by molar-refractivity contribution is 6.74. The fourth-order valence-electron chi connectivity index (χ4n) is 3.44. The van der Waals surface area contributed by atoms with Gasteiger partial charge in [0.1, 0.15) is 0 Å². The molecule has 1 spiro atoms. The topological polar surface area (TPSA) is 55.8 Å². The summed E-state index contributed by atoms with van der Waals surface area (Å²) in [5.41, 5.74) is -0.262. The van der Waals surface area contributed by atoms with Crippen molar-refractivity contribution in [1.82, 2.24) is 4.90 Å². The van der Waals surface area contributed by atoms with Gasteiger partial charge >= 0.3 is 0 Å². The first kappa shape index (κ1) is 20.2. The third-order valence-corrected chi connectivity index (χ3v) is 10.8. The monoisotopic (exact) mass is 389 g/mol. The predicted molar refractivity (Wildman–Crippen MR) is 107 cm³/mol. The second-order valence-electron chi connectivity index (χ2n) is 9.25. The summed E-state index contributed by atoms with van der Waals surface area (Å²) in [6.07, 6.45) is 0.955. The molecule has 2 heterocycles. The molecular formula is C21H31NO4Si. The van der Waals surface area contributed by atoms with Crippen LogP contribution in [-0.2, 0) is 25.3 Å². The molecule has 6 heteroatoms. The van der Waals surface area contributed by atoms with Crippen LogP contribution in [-0.4, -0.2) is 49.8 Å². The first-order valence-corrected chi connectivity index (χ1v) is 12.6. The summed E-state index contributed by atoms with van der Waals surface area (Å²) in [7, 11) is -1.88. The van der Waals surface area contributed by atoms with Crippen LogP contribution in [0.15, 0.2) is 30.3 Å². The molecule has 0 bridgehead atoms. The number of hydrogen-bond acceptors (Lipinski definition) is 4. The molecule has 0 aliphatic carbocycles. The molecule has 148 valence electrons. The van der Waals surface area contributed by atoms with Gasteiger partial charge in [-0.2, -0.15) is 0 Å². The minimum Gasteiger partial charge on any atom is -0.414 e. The van der Waals surface area contributed by atoms with Crippen molar-refractivity contribution in [3.8, 4) is 0 Å². The molecule has 2 atom stereocenters. The van der Waals surface area contributed by atoms with Crippen LogP contribution in [0.25, 0.3) is 0 Å². The Morgan fingerprint density at radius 3 is 2.52 bits per heavy atom. The Morgan fingerprint density at radius 2 is 1.89 bits per heavy atom. The highest BCUT2D eigenvalue weighted by Gasteiger charge is 2.59. The van der Waals surface area contributed by atoms with E-state index in [9.17, 15) is 9.59 Å². The number of amides is 1. The Hall–Kier alpha value is -1.50. The highest BCUT2D eigenvalue weighted by Crippen LogP contribution is 2.40. The summed E-state index contributed by atoms with van der Waals surface area (Å²) in [5, 5.41) is 0.120. The van der Waals surface area contributed by atoms with E-state index < -0.39 is 13.9 Å². The molecule has 2 aliphatic rings. The molecule has 0 unspecified atom stereocenters. The second-order valence-corrected chi connectivity index (χ2v) is 14.1. The molecule has 0 saturated carbocycles. The molecule has 0 aromatic heterocycles. The number of benzene rings is 1. The zero-order valence-corrected chi connectivity index (χ0v) is 18.1. The van der Waals surface area contributed by atoms with Gasteiger partial charge in [-0.05, 0) is 36.5 Å². The number of carbonyl (C=O) groups excluding carboxylic acids is 2. The predicted octanol–water partition coefficient (Wildman–Crippen LogP) is 3.54. The lowest BCUT2D eigenvalue weighted by Crippen LogP contribution is -2.45. The minimum atomic E-state index is -1.88. The highest BCUT2D eigenvalue weighted by atomic mass is 28.4. The van der Waals surface area contributed by atoms with Crippen LogP contribution in [0.3, 0.4) is 0 Å². The van der Waals surface area contributed by atoms with E-state index in [0.717, 1.165) is 5.56 Å². The van der Waals surface area contributed by atoms with Gasteiger partial charge < -0.3 is 14.1 Å². The third-order valence-electron chi connectivity index (χ3n) is 6.26. The van der Waals surface area contributed by atoms with Gasteiger partial charge in [-0.1, -0.05) is 51.1 Å². The number of hydrogen-bond donors (Lipinski definition) is 0. The number of rotatable bonds is 5. The summed E-state index contributed by atoms with van der Waals surface area (Å²) in [4.78, 5) is 27.3. The molecule has 2 saturated heterocycles. The standard InChI is InChI=1S/C21H31NO4Si/c1-20(2,3)27(4,5)25-15-17-11-12-21(26-17)18(23)14-22(19(21)24)13-16-9-7-6-8-10-16/h6-10,17H,11-15H2,1-5H3/t17-,21+/m0/s1. The van der Waals surface area contributed by atoms with Crippen molar-refractivity contribution >= 4 is 20.0 Å². The fourth-order valence-corrected chi connectivity index (χ4v) is 4.48. The minimum absolute atomic E-state index is 0.113. The summed E-state index contributed by atoms with van der Waals surface area (Å²) < 4.78 is 12.3. The van der Waals surface area contributed by atoms with Crippen LogP contribution in [0.4, 0.5) is 0 Å². The van der Waals surface area contributed by atoms with Crippen LogP contribution >= 0.6 is 0 Å². The summed E-state index contributed by atoms with van der Waals surface area (Å²) >= 11 is 0. The van der Waals surface area contributed by atoms with Gasteiger partial charge in [-0.15, -0.1) is 0 Å². The van der Waals surface area contributed by atoms with Crippen LogP contribution in [0.5, 0.6) is 0 Å². The lowest BCUT2D eigenvalue weighted by Gasteiger charge is -2.37. The number of likely N-dealkylation sites (tertiary alicyclic amines) is 1. The van der Waals surface area contributed by atoms with E-state index in [2.05, 4.69) is 33.9 Å². The second kappa shape index (κ2) is 7.15. The SMILES string of the molecule is CC(C)(C)[Si](C)(C)OC[C@@H]1CC[C@@]2(O1)C(=O)CN(Cc1ccccc1)C2=O. The lowest BCUT2D eigenvalue weighted by atomic mass is 9.97. The Balaban J connectivity index is 1.64. The van der Waals surface area contributed by atoms with E-state index in [1.54, 1.807) is 4.90 Å². The molecular weight excluding hydrogens is 358 g/mol. The Kier molecular flexibility index (Phi) is 5.36. The Labute approximate surface area is 163 Å². The molecule has 1 aromatic carbocycles. The van der Waals surface area contributed by atoms with Crippen LogP contribution < -0.4 is 0 Å². The van der Waals surface area contributed by atoms with Crippen molar-refractivity contribution in [3.05, 3.63) is 35.9 Å². The van der Waals surface area contributed by atoms with Gasteiger partial charge in [0, 0.05) is 6.54 Å². The summed E-state index contributed by atoms with van der Waals surface area (Å²) in [5.74, 6) is -0.301. The Morgan fingerprint density at radius 1 is 1.22 bits per heavy atom. The molecule has 2 aliphatic heterocycles. The van der Waals surface area contributed by atoms with Crippen LogP contribution in [0, 0.1) is 0 Å². The molecule has 5 nitrogen and oxygen atoms in total. The van der Waals surface area contributed by atoms with E-state index >= 15 is 0 Å². The average Bonchev–Trinajstić information content (AvgIpc) is 3.12.